The van der Waals surface area contributed by atoms with Crippen molar-refractivity contribution >= 4 is 5.91 Å². The summed E-state index contributed by atoms with van der Waals surface area (Å²) in [6, 6.07) is 0.708. The molecule has 2 fully saturated rings. The molecule has 3 unspecified atom stereocenters. The maximum atomic E-state index is 12.6. The number of hydrogen-bond acceptors (Lipinski definition) is 4. The molecule has 0 aliphatic carbocycles. The third-order valence-electron chi connectivity index (χ3n) is 4.26. The molecule has 2 aliphatic heterocycles. The van der Waals surface area contributed by atoms with E-state index in [0.29, 0.717) is 19.3 Å². The van der Waals surface area contributed by atoms with Crippen molar-refractivity contribution in [2.45, 2.75) is 31.8 Å². The lowest BCUT2D eigenvalue weighted by Gasteiger charge is -2.25. The van der Waals surface area contributed by atoms with Gasteiger partial charge in [0.05, 0.1) is 19.1 Å². The lowest BCUT2D eigenvalue weighted by atomic mass is 10.0. The van der Waals surface area contributed by atoms with Crippen LogP contribution in [0.25, 0.3) is 0 Å². The topological polar surface area (TPSA) is 44.8 Å². The fourth-order valence-electron chi connectivity index (χ4n) is 2.93. The number of ether oxygens (including phenoxy) is 1. The van der Waals surface area contributed by atoms with Crippen molar-refractivity contribution in [2.24, 2.45) is 5.92 Å². The first-order valence-electron chi connectivity index (χ1n) is 7.39. The summed E-state index contributed by atoms with van der Waals surface area (Å²) in [5.74, 6) is 0.280. The molecule has 5 heteroatoms. The number of likely N-dealkylation sites (tertiary alicyclic amines) is 1. The Bertz CT molecular complexity index is 309. The summed E-state index contributed by atoms with van der Waals surface area (Å²) < 4.78 is 5.50. The molecule has 3 atom stereocenters. The Morgan fingerprint density at radius 3 is 2.84 bits per heavy atom. The van der Waals surface area contributed by atoms with Crippen LogP contribution in [0.3, 0.4) is 0 Å². The van der Waals surface area contributed by atoms with Gasteiger partial charge in [0, 0.05) is 25.2 Å². The second kappa shape index (κ2) is 6.68. The van der Waals surface area contributed by atoms with E-state index in [1.165, 1.54) is 0 Å². The van der Waals surface area contributed by atoms with Crippen LogP contribution in [-0.4, -0.2) is 74.7 Å². The standard InChI is InChI=1S/C14H27N3O2/c1-4-6-15-13-10-19-9-12(13)14(18)17-7-5-11(8-17)16(2)3/h11-13,15H,4-10H2,1-3H3. The molecular weight excluding hydrogens is 242 g/mol. The number of hydrogen-bond donors (Lipinski definition) is 1. The number of nitrogens with one attached hydrogen (secondary N) is 1. The van der Waals surface area contributed by atoms with Gasteiger partial charge >= 0.3 is 0 Å². The number of likely N-dealkylation sites (N-methyl/N-ethyl adjacent to an activating group) is 1. The lowest BCUT2D eigenvalue weighted by molar-refractivity contribution is -0.135. The highest BCUT2D eigenvalue weighted by Crippen LogP contribution is 2.21. The number of nitrogens with zero attached hydrogens (tertiary/aromatic N) is 2. The molecule has 0 aromatic heterocycles. The first-order valence-corrected chi connectivity index (χ1v) is 7.39. The summed E-state index contributed by atoms with van der Waals surface area (Å²) in [6.45, 7) is 6.09. The normalized spacial score (nSPS) is 31.4. The predicted molar refractivity (Wildman–Crippen MR) is 75.1 cm³/mol. The van der Waals surface area contributed by atoms with E-state index in [2.05, 4.69) is 31.2 Å². The van der Waals surface area contributed by atoms with Crippen molar-refractivity contribution in [2.75, 3.05) is 46.9 Å². The predicted octanol–water partition coefficient (Wildman–Crippen LogP) is 0.164. The molecule has 110 valence electrons. The molecule has 0 radical (unpaired) electrons. The van der Waals surface area contributed by atoms with Crippen LogP contribution in [0.2, 0.25) is 0 Å². The molecule has 2 saturated heterocycles. The van der Waals surface area contributed by atoms with Crippen molar-refractivity contribution in [1.29, 1.82) is 0 Å². The van der Waals surface area contributed by atoms with E-state index >= 15 is 0 Å². The van der Waals surface area contributed by atoms with Crippen LogP contribution in [0.1, 0.15) is 19.8 Å². The number of rotatable bonds is 5. The maximum Gasteiger partial charge on any atom is 0.229 e. The van der Waals surface area contributed by atoms with Crippen LogP contribution >= 0.6 is 0 Å². The Kier molecular flexibility index (Phi) is 5.19. The van der Waals surface area contributed by atoms with Crippen molar-refractivity contribution in [1.82, 2.24) is 15.1 Å². The van der Waals surface area contributed by atoms with Gasteiger partial charge in [-0.1, -0.05) is 6.92 Å². The van der Waals surface area contributed by atoms with Crippen molar-refractivity contribution in [3.63, 3.8) is 0 Å². The zero-order valence-corrected chi connectivity index (χ0v) is 12.4. The van der Waals surface area contributed by atoms with Crippen LogP contribution in [0.15, 0.2) is 0 Å². The second-order valence-electron chi connectivity index (χ2n) is 5.89. The lowest BCUT2D eigenvalue weighted by Crippen LogP contribution is -2.46. The summed E-state index contributed by atoms with van der Waals surface area (Å²) in [6.07, 6.45) is 2.17. The van der Waals surface area contributed by atoms with Crippen LogP contribution in [0.5, 0.6) is 0 Å². The molecule has 0 aromatic rings. The molecule has 2 aliphatic rings. The average Bonchev–Trinajstić information content (AvgIpc) is 3.04. The highest BCUT2D eigenvalue weighted by molar-refractivity contribution is 5.80. The zero-order chi connectivity index (χ0) is 13.8. The Morgan fingerprint density at radius 1 is 1.42 bits per heavy atom. The molecule has 1 N–H and O–H groups in total. The summed E-state index contributed by atoms with van der Waals surface area (Å²) >= 11 is 0. The van der Waals surface area contributed by atoms with E-state index in [-0.39, 0.29) is 17.9 Å². The molecule has 0 saturated carbocycles. The minimum absolute atomic E-state index is 0.00691. The van der Waals surface area contributed by atoms with Crippen molar-refractivity contribution in [3.8, 4) is 0 Å². The van der Waals surface area contributed by atoms with Gasteiger partial charge in [0.15, 0.2) is 0 Å². The Balaban J connectivity index is 1.88. The monoisotopic (exact) mass is 269 g/mol. The van der Waals surface area contributed by atoms with E-state index in [1.54, 1.807) is 0 Å². The van der Waals surface area contributed by atoms with E-state index < -0.39 is 0 Å². The van der Waals surface area contributed by atoms with Gasteiger partial charge in [-0.25, -0.2) is 0 Å². The largest absolute Gasteiger partial charge is 0.379 e. The highest BCUT2D eigenvalue weighted by Gasteiger charge is 2.38. The Morgan fingerprint density at radius 2 is 2.21 bits per heavy atom. The summed E-state index contributed by atoms with van der Waals surface area (Å²) in [7, 11) is 4.17. The average molecular weight is 269 g/mol. The third kappa shape index (κ3) is 3.46. The Labute approximate surface area is 116 Å². The minimum atomic E-state index is 0.00691. The van der Waals surface area contributed by atoms with E-state index in [0.717, 1.165) is 32.5 Å². The highest BCUT2D eigenvalue weighted by atomic mass is 16.5. The molecule has 0 bridgehead atoms. The second-order valence-corrected chi connectivity index (χ2v) is 5.89. The van der Waals surface area contributed by atoms with Crippen molar-refractivity contribution < 1.29 is 9.53 Å². The van der Waals surface area contributed by atoms with Crippen LogP contribution in [0.4, 0.5) is 0 Å². The molecule has 0 spiro atoms. The van der Waals surface area contributed by atoms with Gasteiger partial charge in [-0.2, -0.15) is 0 Å². The smallest absolute Gasteiger partial charge is 0.229 e. The van der Waals surface area contributed by atoms with Gasteiger partial charge in [-0.05, 0) is 33.5 Å². The summed E-state index contributed by atoms with van der Waals surface area (Å²) in [5, 5.41) is 3.44. The number of carbonyl (C=O) groups is 1. The molecule has 0 aromatic carbocycles. The molecule has 1 amide bonds. The third-order valence-corrected chi connectivity index (χ3v) is 4.26. The van der Waals surface area contributed by atoms with E-state index in [4.69, 9.17) is 4.74 Å². The Hall–Kier alpha value is -0.650. The van der Waals surface area contributed by atoms with E-state index in [9.17, 15) is 4.79 Å². The van der Waals surface area contributed by atoms with Gasteiger partial charge in [0.1, 0.15) is 0 Å². The van der Waals surface area contributed by atoms with Gasteiger partial charge < -0.3 is 19.9 Å². The number of carbonyl (C=O) groups excluding carboxylic acids is 1. The number of amides is 1. The molecule has 2 heterocycles. The first kappa shape index (κ1) is 14.8. The van der Waals surface area contributed by atoms with E-state index in [1.807, 2.05) is 4.90 Å². The first-order chi connectivity index (χ1) is 9.13. The summed E-state index contributed by atoms with van der Waals surface area (Å²) in [5.41, 5.74) is 0. The van der Waals surface area contributed by atoms with Gasteiger partial charge in [0.25, 0.3) is 0 Å². The maximum absolute atomic E-state index is 12.6. The molecular formula is C14H27N3O2. The SMILES string of the molecule is CCCNC1COCC1C(=O)N1CCC(N(C)C)C1. The van der Waals surface area contributed by atoms with Crippen LogP contribution in [0, 0.1) is 5.92 Å². The van der Waals surface area contributed by atoms with Gasteiger partial charge in [-0.15, -0.1) is 0 Å². The van der Waals surface area contributed by atoms with Gasteiger partial charge in [-0.3, -0.25) is 4.79 Å². The fraction of sp³-hybridized carbons (Fsp3) is 0.929. The summed E-state index contributed by atoms with van der Waals surface area (Å²) in [4.78, 5) is 16.8. The molecule has 5 nitrogen and oxygen atoms in total. The molecule has 2 rings (SSSR count). The quantitative estimate of drug-likeness (QED) is 0.772. The van der Waals surface area contributed by atoms with Crippen molar-refractivity contribution in [3.05, 3.63) is 0 Å². The minimum Gasteiger partial charge on any atom is -0.379 e. The van der Waals surface area contributed by atoms with Crippen LogP contribution in [-0.2, 0) is 9.53 Å². The van der Waals surface area contributed by atoms with Gasteiger partial charge in [0.2, 0.25) is 5.91 Å². The zero-order valence-electron chi connectivity index (χ0n) is 12.4. The van der Waals surface area contributed by atoms with Crippen LogP contribution < -0.4 is 5.32 Å². The fourth-order valence-corrected chi connectivity index (χ4v) is 2.93. The molecule has 19 heavy (non-hydrogen) atoms.